The molecule has 3 rings (SSSR count). The highest BCUT2D eigenvalue weighted by atomic mass is 79.9. The average molecular weight is 451 g/mol. The fraction of sp³-hybridized carbons (Fsp3) is 0.474. The number of halogens is 1. The minimum atomic E-state index is -0.689. The zero-order valence-electron chi connectivity index (χ0n) is 16.1. The molecular formula is C19H23BrN4O4. The number of hydrogen-bond acceptors (Lipinski definition) is 5. The molecule has 1 aromatic carbocycles. The number of piperidine rings is 1. The van der Waals surface area contributed by atoms with E-state index in [9.17, 15) is 14.4 Å². The molecule has 9 heteroatoms. The predicted octanol–water partition coefficient (Wildman–Crippen LogP) is 2.92. The molecule has 2 heterocycles. The Morgan fingerprint density at radius 3 is 2.43 bits per heavy atom. The summed E-state index contributed by atoms with van der Waals surface area (Å²) in [6, 6.07) is 5.25. The third kappa shape index (κ3) is 4.19. The number of nitrogens with two attached hydrogens (primary N) is 1. The standard InChI is InChI=1S/C19H23BrN4O4/c1-19(2,3)28-18(27)24-14-5-4-12(20)10-13(14)15(22-24)17(26)23-8-6-11(7-9-23)16(21)25/h4-5,10-11H,6-9H2,1-3H3,(H2,21,25). The molecule has 0 radical (unpaired) electrons. The Hall–Kier alpha value is -2.42. The Balaban J connectivity index is 1.95. The number of ether oxygens (including phenoxy) is 1. The third-order valence-electron chi connectivity index (χ3n) is 4.60. The number of nitrogens with zero attached hydrogens (tertiary/aromatic N) is 3. The van der Waals surface area contributed by atoms with Crippen LogP contribution in [0.5, 0.6) is 0 Å². The lowest BCUT2D eigenvalue weighted by atomic mass is 9.96. The molecule has 0 atom stereocenters. The minimum absolute atomic E-state index is 0.180. The van der Waals surface area contributed by atoms with Gasteiger partial charge < -0.3 is 15.4 Å². The molecule has 1 aliphatic rings. The van der Waals surface area contributed by atoms with E-state index < -0.39 is 11.7 Å². The van der Waals surface area contributed by atoms with Gasteiger partial charge in [-0.2, -0.15) is 9.78 Å². The Morgan fingerprint density at radius 2 is 1.86 bits per heavy atom. The maximum atomic E-state index is 13.1. The molecule has 1 aromatic heterocycles. The number of hydrogen-bond donors (Lipinski definition) is 1. The molecular weight excluding hydrogens is 428 g/mol. The number of carbonyl (C=O) groups is 3. The molecule has 2 amide bonds. The Labute approximate surface area is 171 Å². The molecule has 150 valence electrons. The number of fused-ring (bicyclic) bond motifs is 1. The molecule has 2 aromatic rings. The fourth-order valence-electron chi connectivity index (χ4n) is 3.21. The Bertz CT molecular complexity index is 939. The van der Waals surface area contributed by atoms with E-state index in [0.29, 0.717) is 36.8 Å². The van der Waals surface area contributed by atoms with E-state index in [1.54, 1.807) is 43.9 Å². The second-order valence-electron chi connectivity index (χ2n) is 7.87. The van der Waals surface area contributed by atoms with Gasteiger partial charge in [-0.15, -0.1) is 0 Å². The van der Waals surface area contributed by atoms with Crippen LogP contribution in [0, 0.1) is 5.92 Å². The lowest BCUT2D eigenvalue weighted by molar-refractivity contribution is -0.123. The first-order chi connectivity index (χ1) is 13.1. The lowest BCUT2D eigenvalue weighted by Gasteiger charge is -2.30. The third-order valence-corrected chi connectivity index (χ3v) is 5.09. The quantitative estimate of drug-likeness (QED) is 0.756. The smallest absolute Gasteiger partial charge is 0.435 e. The fourth-order valence-corrected chi connectivity index (χ4v) is 3.57. The summed E-state index contributed by atoms with van der Waals surface area (Å²) in [4.78, 5) is 38.7. The van der Waals surface area contributed by atoms with Crippen molar-refractivity contribution < 1.29 is 19.1 Å². The first-order valence-electron chi connectivity index (χ1n) is 9.07. The van der Waals surface area contributed by atoms with Crippen LogP contribution < -0.4 is 5.73 Å². The van der Waals surface area contributed by atoms with Gasteiger partial charge in [0, 0.05) is 28.9 Å². The van der Waals surface area contributed by atoms with E-state index >= 15 is 0 Å². The van der Waals surface area contributed by atoms with Crippen molar-refractivity contribution in [3.8, 4) is 0 Å². The van der Waals surface area contributed by atoms with Crippen LogP contribution in [0.4, 0.5) is 4.79 Å². The van der Waals surface area contributed by atoms with Crippen LogP contribution in [0.1, 0.15) is 44.1 Å². The number of rotatable bonds is 2. The number of benzene rings is 1. The van der Waals surface area contributed by atoms with Gasteiger partial charge in [0.15, 0.2) is 5.69 Å². The number of carbonyl (C=O) groups excluding carboxylic acids is 3. The molecule has 8 nitrogen and oxygen atoms in total. The van der Waals surface area contributed by atoms with Crippen molar-refractivity contribution in [2.24, 2.45) is 11.7 Å². The number of aromatic nitrogens is 2. The predicted molar refractivity (Wildman–Crippen MR) is 107 cm³/mol. The number of amides is 2. The normalized spacial score (nSPS) is 15.6. The van der Waals surface area contributed by atoms with Crippen LogP contribution in [-0.4, -0.2) is 51.3 Å². The molecule has 1 aliphatic heterocycles. The second-order valence-corrected chi connectivity index (χ2v) is 8.79. The number of likely N-dealkylation sites (tertiary alicyclic amines) is 1. The van der Waals surface area contributed by atoms with Crippen molar-refractivity contribution in [1.29, 1.82) is 0 Å². The largest absolute Gasteiger partial charge is 0.442 e. The van der Waals surface area contributed by atoms with Crippen LogP contribution >= 0.6 is 15.9 Å². The summed E-state index contributed by atoms with van der Waals surface area (Å²) in [6.07, 6.45) is 0.400. The van der Waals surface area contributed by atoms with Crippen molar-refractivity contribution >= 4 is 44.7 Å². The number of primary amides is 1. The summed E-state index contributed by atoms with van der Waals surface area (Å²) >= 11 is 3.40. The first kappa shape index (κ1) is 20.3. The van der Waals surface area contributed by atoms with Gasteiger partial charge in [-0.05, 0) is 51.8 Å². The maximum Gasteiger partial charge on any atom is 0.435 e. The van der Waals surface area contributed by atoms with Gasteiger partial charge in [-0.1, -0.05) is 15.9 Å². The Morgan fingerprint density at radius 1 is 1.21 bits per heavy atom. The summed E-state index contributed by atoms with van der Waals surface area (Å²) in [5.74, 6) is -0.835. The van der Waals surface area contributed by atoms with E-state index in [-0.39, 0.29) is 23.4 Å². The van der Waals surface area contributed by atoms with Crippen molar-refractivity contribution in [2.75, 3.05) is 13.1 Å². The SMILES string of the molecule is CC(C)(C)OC(=O)n1nc(C(=O)N2CCC(C(N)=O)CC2)c2cc(Br)ccc21. The van der Waals surface area contributed by atoms with Gasteiger partial charge in [0.25, 0.3) is 5.91 Å². The Kier molecular flexibility index (Phi) is 5.47. The van der Waals surface area contributed by atoms with E-state index in [4.69, 9.17) is 10.5 Å². The lowest BCUT2D eigenvalue weighted by Crippen LogP contribution is -2.42. The monoisotopic (exact) mass is 450 g/mol. The summed E-state index contributed by atoms with van der Waals surface area (Å²) in [6.45, 7) is 6.13. The van der Waals surface area contributed by atoms with E-state index in [1.807, 2.05) is 0 Å². The maximum absolute atomic E-state index is 13.1. The molecule has 2 N–H and O–H groups in total. The van der Waals surface area contributed by atoms with Gasteiger partial charge in [-0.3, -0.25) is 9.59 Å². The highest BCUT2D eigenvalue weighted by Gasteiger charge is 2.30. The first-order valence-corrected chi connectivity index (χ1v) is 9.86. The van der Waals surface area contributed by atoms with E-state index in [1.165, 1.54) is 0 Å². The molecule has 1 saturated heterocycles. The van der Waals surface area contributed by atoms with Gasteiger partial charge in [0.1, 0.15) is 5.60 Å². The van der Waals surface area contributed by atoms with Crippen LogP contribution in [0.3, 0.4) is 0 Å². The van der Waals surface area contributed by atoms with Crippen molar-refractivity contribution in [2.45, 2.75) is 39.2 Å². The molecule has 0 saturated carbocycles. The van der Waals surface area contributed by atoms with E-state index in [2.05, 4.69) is 21.0 Å². The second kappa shape index (κ2) is 7.54. The molecule has 0 aliphatic carbocycles. The highest BCUT2D eigenvalue weighted by molar-refractivity contribution is 9.10. The zero-order valence-corrected chi connectivity index (χ0v) is 17.7. The van der Waals surface area contributed by atoms with Gasteiger partial charge >= 0.3 is 6.09 Å². The molecule has 0 unspecified atom stereocenters. The van der Waals surface area contributed by atoms with Crippen molar-refractivity contribution in [3.63, 3.8) is 0 Å². The summed E-state index contributed by atoms with van der Waals surface area (Å²) in [5, 5.41) is 4.84. The van der Waals surface area contributed by atoms with Crippen molar-refractivity contribution in [1.82, 2.24) is 14.7 Å². The molecule has 0 spiro atoms. The van der Waals surface area contributed by atoms with Crippen LogP contribution in [-0.2, 0) is 9.53 Å². The summed E-state index contributed by atoms with van der Waals surface area (Å²) in [5.41, 5.74) is 5.35. The minimum Gasteiger partial charge on any atom is -0.442 e. The van der Waals surface area contributed by atoms with Crippen LogP contribution in [0.25, 0.3) is 10.9 Å². The van der Waals surface area contributed by atoms with Crippen molar-refractivity contribution in [3.05, 3.63) is 28.4 Å². The van der Waals surface area contributed by atoms with Crippen LogP contribution in [0.15, 0.2) is 22.7 Å². The molecule has 1 fully saturated rings. The molecule has 28 heavy (non-hydrogen) atoms. The van der Waals surface area contributed by atoms with Gasteiger partial charge in [0.2, 0.25) is 5.91 Å². The van der Waals surface area contributed by atoms with Gasteiger partial charge in [-0.25, -0.2) is 4.79 Å². The van der Waals surface area contributed by atoms with Gasteiger partial charge in [0.05, 0.1) is 5.52 Å². The highest BCUT2D eigenvalue weighted by Crippen LogP contribution is 2.26. The average Bonchev–Trinajstić information content (AvgIpc) is 2.98. The summed E-state index contributed by atoms with van der Waals surface area (Å²) in [7, 11) is 0. The topological polar surface area (TPSA) is 108 Å². The zero-order chi connectivity index (χ0) is 20.6. The van der Waals surface area contributed by atoms with E-state index in [0.717, 1.165) is 9.15 Å². The summed E-state index contributed by atoms with van der Waals surface area (Å²) < 4.78 is 7.30. The molecule has 0 bridgehead atoms. The van der Waals surface area contributed by atoms with Crippen LogP contribution in [0.2, 0.25) is 0 Å².